The van der Waals surface area contributed by atoms with Crippen molar-refractivity contribution < 1.29 is 4.79 Å². The number of carbonyl (C=O) groups excluding carboxylic acids is 1. The molecule has 15 heavy (non-hydrogen) atoms. The Kier molecular flexibility index (Phi) is 2.39. The summed E-state index contributed by atoms with van der Waals surface area (Å²) in [5, 5.41) is 1.26. The number of rotatable bonds is 1. The highest BCUT2D eigenvalue weighted by atomic mass is 32.1. The second-order valence-corrected chi connectivity index (χ2v) is 5.12. The number of benzene rings is 1. The van der Waals surface area contributed by atoms with Crippen molar-refractivity contribution in [1.29, 1.82) is 0 Å². The van der Waals surface area contributed by atoms with Crippen LogP contribution >= 0.6 is 11.3 Å². The number of hydrogen-bond donors (Lipinski definition) is 0. The lowest BCUT2D eigenvalue weighted by Gasteiger charge is -2.00. The minimum Gasteiger partial charge on any atom is -0.294 e. The van der Waals surface area contributed by atoms with Crippen molar-refractivity contribution in [3.63, 3.8) is 0 Å². The van der Waals surface area contributed by atoms with E-state index in [2.05, 4.69) is 26.0 Å². The summed E-state index contributed by atoms with van der Waals surface area (Å²) in [7, 11) is 0. The maximum Gasteiger partial charge on any atom is 0.170 e. The molecule has 78 valence electrons. The van der Waals surface area contributed by atoms with E-state index < -0.39 is 0 Å². The number of aryl methyl sites for hydroxylation is 3. The molecule has 0 atom stereocenters. The summed E-state index contributed by atoms with van der Waals surface area (Å²) in [4.78, 5) is 12.3. The van der Waals surface area contributed by atoms with Gasteiger partial charge >= 0.3 is 0 Å². The first kappa shape index (κ1) is 10.4. The van der Waals surface area contributed by atoms with Crippen LogP contribution in [0.4, 0.5) is 0 Å². The van der Waals surface area contributed by atoms with E-state index in [4.69, 9.17) is 0 Å². The lowest BCUT2D eigenvalue weighted by atomic mass is 10.0. The second kappa shape index (κ2) is 3.46. The molecule has 0 aliphatic rings. The predicted molar refractivity (Wildman–Crippen MR) is 66.0 cm³/mol. The molecule has 0 bridgehead atoms. The molecule has 0 aliphatic carbocycles. The van der Waals surface area contributed by atoms with Gasteiger partial charge in [-0.2, -0.15) is 0 Å². The van der Waals surface area contributed by atoms with Crippen molar-refractivity contribution in [2.45, 2.75) is 27.7 Å². The lowest BCUT2D eigenvalue weighted by Crippen LogP contribution is -1.89. The molecule has 1 heterocycles. The van der Waals surface area contributed by atoms with Crippen molar-refractivity contribution in [3.05, 3.63) is 33.7 Å². The van der Waals surface area contributed by atoms with Gasteiger partial charge in [0.25, 0.3) is 0 Å². The molecule has 0 saturated carbocycles. The summed E-state index contributed by atoms with van der Waals surface area (Å²) in [6, 6.07) is 4.33. The summed E-state index contributed by atoms with van der Waals surface area (Å²) in [5.41, 5.74) is 3.67. The van der Waals surface area contributed by atoms with Crippen LogP contribution in [-0.4, -0.2) is 5.78 Å². The first-order chi connectivity index (χ1) is 7.00. The van der Waals surface area contributed by atoms with E-state index in [1.807, 2.05) is 6.92 Å². The van der Waals surface area contributed by atoms with Gasteiger partial charge in [-0.15, -0.1) is 11.3 Å². The Balaban J connectivity index is 2.88. The Hall–Kier alpha value is -1.15. The Labute approximate surface area is 93.7 Å². The molecule has 0 amide bonds. The third kappa shape index (κ3) is 1.59. The van der Waals surface area contributed by atoms with Crippen LogP contribution in [0.2, 0.25) is 0 Å². The topological polar surface area (TPSA) is 17.1 Å². The number of carbonyl (C=O) groups is 1. The SMILES string of the molecule is CC(=O)c1sc2cc(C)cc(C)c2c1C. The van der Waals surface area contributed by atoms with Crippen molar-refractivity contribution in [3.8, 4) is 0 Å². The van der Waals surface area contributed by atoms with Crippen molar-refractivity contribution in [1.82, 2.24) is 0 Å². The molecule has 0 fully saturated rings. The minimum atomic E-state index is 0.172. The Morgan fingerprint density at radius 2 is 1.87 bits per heavy atom. The monoisotopic (exact) mass is 218 g/mol. The summed E-state index contributed by atoms with van der Waals surface area (Å²) in [6.45, 7) is 7.88. The molecular weight excluding hydrogens is 204 g/mol. The molecular formula is C13H14OS. The van der Waals surface area contributed by atoms with Crippen LogP contribution in [-0.2, 0) is 0 Å². The largest absolute Gasteiger partial charge is 0.294 e. The van der Waals surface area contributed by atoms with Gasteiger partial charge in [-0.05, 0) is 55.8 Å². The van der Waals surface area contributed by atoms with Crippen molar-refractivity contribution in [2.75, 3.05) is 0 Å². The van der Waals surface area contributed by atoms with Crippen LogP contribution in [0, 0.1) is 20.8 Å². The fourth-order valence-corrected chi connectivity index (χ4v) is 3.41. The quantitative estimate of drug-likeness (QED) is 0.660. The van der Waals surface area contributed by atoms with Gasteiger partial charge in [0.1, 0.15) is 0 Å². The molecule has 0 aliphatic heterocycles. The van der Waals surface area contributed by atoms with E-state index in [0.29, 0.717) is 0 Å². The average Bonchev–Trinajstić information content (AvgIpc) is 2.42. The van der Waals surface area contributed by atoms with E-state index in [1.165, 1.54) is 21.2 Å². The van der Waals surface area contributed by atoms with Gasteiger partial charge in [0, 0.05) is 4.70 Å². The minimum absolute atomic E-state index is 0.172. The first-order valence-electron chi connectivity index (χ1n) is 5.02. The highest BCUT2D eigenvalue weighted by Crippen LogP contribution is 2.34. The summed E-state index contributed by atoms with van der Waals surface area (Å²) < 4.78 is 1.23. The lowest BCUT2D eigenvalue weighted by molar-refractivity contribution is 0.102. The highest BCUT2D eigenvalue weighted by molar-refractivity contribution is 7.21. The Morgan fingerprint density at radius 3 is 2.47 bits per heavy atom. The average molecular weight is 218 g/mol. The summed E-state index contributed by atoms with van der Waals surface area (Å²) >= 11 is 1.61. The van der Waals surface area contributed by atoms with Crippen LogP contribution < -0.4 is 0 Å². The zero-order chi connectivity index (χ0) is 11.2. The van der Waals surface area contributed by atoms with Gasteiger partial charge in [-0.3, -0.25) is 4.79 Å². The molecule has 0 radical (unpaired) electrons. The van der Waals surface area contributed by atoms with Gasteiger partial charge in [0.2, 0.25) is 0 Å². The summed E-state index contributed by atoms with van der Waals surface area (Å²) in [6.07, 6.45) is 0. The van der Waals surface area contributed by atoms with E-state index in [-0.39, 0.29) is 5.78 Å². The Bertz CT molecular complexity index is 549. The maximum absolute atomic E-state index is 11.4. The third-order valence-electron chi connectivity index (χ3n) is 2.69. The Morgan fingerprint density at radius 1 is 1.20 bits per heavy atom. The van der Waals surface area contributed by atoms with Gasteiger partial charge in [0.15, 0.2) is 5.78 Å². The fraction of sp³-hybridized carbons (Fsp3) is 0.308. The van der Waals surface area contributed by atoms with Crippen LogP contribution in [0.3, 0.4) is 0 Å². The van der Waals surface area contributed by atoms with E-state index in [1.54, 1.807) is 18.3 Å². The molecule has 1 aromatic heterocycles. The molecule has 1 nitrogen and oxygen atoms in total. The first-order valence-corrected chi connectivity index (χ1v) is 5.83. The van der Waals surface area contributed by atoms with Gasteiger partial charge in [0.05, 0.1) is 4.88 Å². The van der Waals surface area contributed by atoms with Crippen LogP contribution in [0.25, 0.3) is 10.1 Å². The molecule has 2 aromatic rings. The number of ketones is 1. The third-order valence-corrected chi connectivity index (χ3v) is 4.03. The molecule has 1 aromatic carbocycles. The number of hydrogen-bond acceptors (Lipinski definition) is 2. The fourth-order valence-electron chi connectivity index (χ4n) is 2.13. The molecule has 2 heteroatoms. The zero-order valence-corrected chi connectivity index (χ0v) is 10.3. The van der Waals surface area contributed by atoms with Gasteiger partial charge in [-0.25, -0.2) is 0 Å². The standard InChI is InChI=1S/C13H14OS/c1-7-5-8(2)12-9(3)13(10(4)14)15-11(12)6-7/h5-6H,1-4H3. The maximum atomic E-state index is 11.4. The molecule has 0 N–H and O–H groups in total. The van der Waals surface area contributed by atoms with Crippen molar-refractivity contribution in [2.24, 2.45) is 0 Å². The normalized spacial score (nSPS) is 10.9. The van der Waals surface area contributed by atoms with Crippen LogP contribution in [0.1, 0.15) is 33.3 Å². The predicted octanol–water partition coefficient (Wildman–Crippen LogP) is 4.03. The zero-order valence-electron chi connectivity index (χ0n) is 9.47. The summed E-state index contributed by atoms with van der Waals surface area (Å²) in [5.74, 6) is 0.172. The van der Waals surface area contributed by atoms with Gasteiger partial charge < -0.3 is 0 Å². The smallest absolute Gasteiger partial charge is 0.170 e. The van der Waals surface area contributed by atoms with Gasteiger partial charge in [-0.1, -0.05) is 6.07 Å². The molecule has 2 rings (SSSR count). The van der Waals surface area contributed by atoms with Crippen molar-refractivity contribution >= 4 is 27.2 Å². The molecule has 0 saturated heterocycles. The van der Waals surface area contributed by atoms with E-state index >= 15 is 0 Å². The number of Topliss-reactive ketones (excluding diaryl/α,β-unsaturated/α-hetero) is 1. The molecule has 0 unspecified atom stereocenters. The highest BCUT2D eigenvalue weighted by Gasteiger charge is 2.13. The number of fused-ring (bicyclic) bond motifs is 1. The van der Waals surface area contributed by atoms with Crippen LogP contribution in [0.15, 0.2) is 12.1 Å². The molecule has 0 spiro atoms. The second-order valence-electron chi connectivity index (χ2n) is 4.07. The van der Waals surface area contributed by atoms with E-state index in [9.17, 15) is 4.79 Å². The van der Waals surface area contributed by atoms with E-state index in [0.717, 1.165) is 10.4 Å². The van der Waals surface area contributed by atoms with Crippen LogP contribution in [0.5, 0.6) is 0 Å². The number of thiophene rings is 1.